The molecule has 0 unspecified atom stereocenters. The van der Waals surface area contributed by atoms with Gasteiger partial charge in [0.2, 0.25) is 6.33 Å². The highest BCUT2D eigenvalue weighted by molar-refractivity contribution is 7.10. The van der Waals surface area contributed by atoms with Crippen molar-refractivity contribution in [3.63, 3.8) is 0 Å². The first-order valence-electron chi connectivity index (χ1n) is 14.4. The van der Waals surface area contributed by atoms with Gasteiger partial charge in [-0.3, -0.25) is 4.79 Å². The highest BCUT2D eigenvalue weighted by Gasteiger charge is 2.41. The summed E-state index contributed by atoms with van der Waals surface area (Å²) in [7, 11) is 1.69. The maximum Gasteiger partial charge on any atom is 0.325 e. The number of ether oxygens (including phenoxy) is 1. The van der Waals surface area contributed by atoms with Crippen molar-refractivity contribution >= 4 is 17.3 Å². The Kier molecular flexibility index (Phi) is 11.2. The third-order valence-electron chi connectivity index (χ3n) is 7.70. The highest BCUT2D eigenvalue weighted by Crippen LogP contribution is 2.40. The zero-order valence-electron chi connectivity index (χ0n) is 25.9. The Morgan fingerprint density at radius 1 is 1.20 bits per heavy atom. The van der Waals surface area contributed by atoms with E-state index < -0.39 is 17.3 Å². The molecule has 2 atom stereocenters. The van der Waals surface area contributed by atoms with Crippen molar-refractivity contribution in [1.82, 2.24) is 20.1 Å². The van der Waals surface area contributed by atoms with Gasteiger partial charge in [0.25, 0.3) is 6.33 Å². The standard InChI is InChI=1S/C34H34FN6O3S.BrH/c1-22-12-26(13-23(2)32(22)44-31(42)16-37-4)17-40-20-38-41(21-40)19-34(43,28-6-5-7-29(35)14-28)24(3)33-39-30(18-45-33)27-10-8-25(15-36)9-11-27;/h5-14,18,20-21,24,37,43H,16-17,19H2,1-4H3;1H/q+1;/p-1/t24-,34+;/m0./s1. The van der Waals surface area contributed by atoms with E-state index >= 15 is 0 Å². The molecule has 0 aliphatic carbocycles. The minimum Gasteiger partial charge on any atom is -1.00 e. The molecule has 0 spiro atoms. The summed E-state index contributed by atoms with van der Waals surface area (Å²) in [4.78, 5) is 16.8. The van der Waals surface area contributed by atoms with Crippen molar-refractivity contribution in [2.24, 2.45) is 0 Å². The van der Waals surface area contributed by atoms with E-state index in [0.29, 0.717) is 28.4 Å². The molecule has 0 saturated carbocycles. The number of nitrogens with one attached hydrogen (secondary N) is 1. The topological polar surface area (TPSA) is 117 Å². The number of thiazole rings is 1. The van der Waals surface area contributed by atoms with Crippen LogP contribution in [0.5, 0.6) is 5.75 Å². The van der Waals surface area contributed by atoms with Gasteiger partial charge in [0, 0.05) is 22.0 Å². The first kappa shape index (κ1) is 34.6. The van der Waals surface area contributed by atoms with E-state index in [1.54, 1.807) is 48.6 Å². The summed E-state index contributed by atoms with van der Waals surface area (Å²) in [5.41, 5.74) is 3.72. The molecular weight excluding hydrogens is 671 g/mol. The monoisotopic (exact) mass is 704 g/mol. The van der Waals surface area contributed by atoms with Crippen LogP contribution in [-0.2, 0) is 23.5 Å². The third kappa shape index (κ3) is 7.74. The Morgan fingerprint density at radius 2 is 1.91 bits per heavy atom. The summed E-state index contributed by atoms with van der Waals surface area (Å²) in [6.45, 7) is 6.35. The minimum atomic E-state index is -1.54. The summed E-state index contributed by atoms with van der Waals surface area (Å²) in [6, 6.07) is 19.2. The Hall–Kier alpha value is -4.28. The lowest BCUT2D eigenvalue weighted by Gasteiger charge is -2.31. The average Bonchev–Trinajstić information content (AvgIpc) is 3.69. The molecule has 5 rings (SSSR count). The minimum absolute atomic E-state index is 0. The molecule has 0 amide bonds. The maximum atomic E-state index is 14.4. The number of aliphatic hydroxyl groups is 1. The Balaban J connectivity index is 0.00000480. The Bertz CT molecular complexity index is 1850. The number of likely N-dealkylation sites (N-methyl/N-ethyl adjacent to an activating group) is 1. The number of halogens is 2. The van der Waals surface area contributed by atoms with Crippen molar-refractivity contribution < 1.29 is 40.6 Å². The van der Waals surface area contributed by atoms with E-state index in [-0.39, 0.29) is 36.0 Å². The number of esters is 1. The SMILES string of the molecule is CNCC(=O)Oc1c(C)cc(C[n+]2cnn(C[C@](O)(c3cccc(F)c3)[C@@H](C)c3nc(-c4ccc(C#N)cc4)cs3)c2)cc1C.[Br-]. The van der Waals surface area contributed by atoms with Crippen LogP contribution >= 0.6 is 11.3 Å². The fourth-order valence-electron chi connectivity index (χ4n) is 5.35. The molecule has 9 nitrogen and oxygen atoms in total. The molecule has 2 aromatic heterocycles. The molecule has 0 radical (unpaired) electrons. The van der Waals surface area contributed by atoms with Gasteiger partial charge < -0.3 is 32.1 Å². The van der Waals surface area contributed by atoms with Gasteiger partial charge >= 0.3 is 5.97 Å². The zero-order chi connectivity index (χ0) is 32.1. The quantitative estimate of drug-likeness (QED) is 0.122. The van der Waals surface area contributed by atoms with Crippen LogP contribution in [0.25, 0.3) is 11.3 Å². The molecule has 3 aromatic carbocycles. The fraction of sp³-hybridized carbons (Fsp3) is 0.265. The van der Waals surface area contributed by atoms with Crippen LogP contribution < -0.4 is 31.6 Å². The van der Waals surface area contributed by atoms with Crippen molar-refractivity contribution in [3.8, 4) is 23.1 Å². The maximum absolute atomic E-state index is 14.4. The van der Waals surface area contributed by atoms with Crippen LogP contribution in [0.1, 0.15) is 45.7 Å². The number of aromatic nitrogens is 4. The second-order valence-electron chi connectivity index (χ2n) is 11.1. The first-order chi connectivity index (χ1) is 21.6. The molecular formula is C34H34BrFN6O3S. The molecule has 2 heterocycles. The second kappa shape index (κ2) is 14.9. The molecule has 2 N–H and O–H groups in total. The number of nitrogens with zero attached hydrogens (tertiary/aromatic N) is 5. The zero-order valence-corrected chi connectivity index (χ0v) is 28.3. The molecule has 5 aromatic rings. The first-order valence-corrected chi connectivity index (χ1v) is 15.3. The number of carbonyl (C=O) groups is 1. The van der Waals surface area contributed by atoms with E-state index in [0.717, 1.165) is 27.9 Å². The Labute approximate surface area is 281 Å². The summed E-state index contributed by atoms with van der Waals surface area (Å²) >= 11 is 1.42. The van der Waals surface area contributed by atoms with Crippen LogP contribution in [0, 0.1) is 31.0 Å². The van der Waals surface area contributed by atoms with Gasteiger partial charge in [0.05, 0.1) is 35.4 Å². The van der Waals surface area contributed by atoms with Gasteiger partial charge in [0.15, 0.2) is 0 Å². The predicted molar refractivity (Wildman–Crippen MR) is 168 cm³/mol. The lowest BCUT2D eigenvalue weighted by molar-refractivity contribution is -0.689. The third-order valence-corrected chi connectivity index (χ3v) is 8.73. The molecule has 12 heteroatoms. The van der Waals surface area contributed by atoms with E-state index in [9.17, 15) is 14.3 Å². The molecule has 0 saturated heterocycles. The normalized spacial score (nSPS) is 12.9. The van der Waals surface area contributed by atoms with Gasteiger partial charge in [0.1, 0.15) is 23.7 Å². The van der Waals surface area contributed by atoms with E-state index in [4.69, 9.17) is 15.0 Å². The smallest absolute Gasteiger partial charge is 0.325 e. The van der Waals surface area contributed by atoms with Crippen LogP contribution in [-0.4, -0.2) is 39.4 Å². The van der Waals surface area contributed by atoms with E-state index in [2.05, 4.69) is 16.5 Å². The largest absolute Gasteiger partial charge is 1.00 e. The summed E-state index contributed by atoms with van der Waals surface area (Å²) in [5, 5.41) is 31.3. The van der Waals surface area contributed by atoms with Gasteiger partial charge in [-0.2, -0.15) is 5.26 Å². The number of benzene rings is 3. The van der Waals surface area contributed by atoms with Gasteiger partial charge in [-0.25, -0.2) is 13.9 Å². The number of hydrogen-bond acceptors (Lipinski definition) is 8. The number of carbonyl (C=O) groups excluding carboxylic acids is 1. The highest BCUT2D eigenvalue weighted by atomic mass is 79.9. The second-order valence-corrected chi connectivity index (χ2v) is 12.0. The average molecular weight is 706 g/mol. The fourth-order valence-corrected chi connectivity index (χ4v) is 6.32. The number of rotatable bonds is 11. The molecule has 0 fully saturated rings. The lowest BCUT2D eigenvalue weighted by atomic mass is 9.82. The lowest BCUT2D eigenvalue weighted by Crippen LogP contribution is -3.00. The molecule has 46 heavy (non-hydrogen) atoms. The van der Waals surface area contributed by atoms with Crippen molar-refractivity contribution in [3.05, 3.63) is 117 Å². The summed E-state index contributed by atoms with van der Waals surface area (Å²) < 4.78 is 23.5. The number of nitriles is 1. The summed E-state index contributed by atoms with van der Waals surface area (Å²) in [5.74, 6) is -0.761. The van der Waals surface area contributed by atoms with Gasteiger partial charge in [-0.1, -0.05) is 31.2 Å². The van der Waals surface area contributed by atoms with E-state index in [1.807, 2.05) is 55.0 Å². The number of aryl methyl sites for hydroxylation is 2. The summed E-state index contributed by atoms with van der Waals surface area (Å²) in [6.07, 6.45) is 3.47. The van der Waals surface area contributed by atoms with Crippen LogP contribution in [0.4, 0.5) is 4.39 Å². The van der Waals surface area contributed by atoms with Gasteiger partial charge in [-0.05, 0) is 79.5 Å². The predicted octanol–water partition coefficient (Wildman–Crippen LogP) is 1.79. The van der Waals surface area contributed by atoms with Crippen molar-refractivity contribution in [2.75, 3.05) is 13.6 Å². The molecule has 0 aliphatic rings. The van der Waals surface area contributed by atoms with Crippen LogP contribution in [0.2, 0.25) is 0 Å². The molecule has 238 valence electrons. The Morgan fingerprint density at radius 3 is 2.57 bits per heavy atom. The van der Waals surface area contributed by atoms with E-state index in [1.165, 1.54) is 23.5 Å². The van der Waals surface area contributed by atoms with Crippen LogP contribution in [0.15, 0.2) is 78.7 Å². The van der Waals surface area contributed by atoms with Gasteiger partial charge in [-0.15, -0.1) is 16.0 Å². The van der Waals surface area contributed by atoms with Crippen molar-refractivity contribution in [2.45, 2.75) is 45.4 Å². The number of hydrogen-bond donors (Lipinski definition) is 2. The van der Waals surface area contributed by atoms with Crippen LogP contribution in [0.3, 0.4) is 0 Å². The van der Waals surface area contributed by atoms with Crippen molar-refractivity contribution in [1.29, 1.82) is 5.26 Å². The molecule has 0 aliphatic heterocycles. The molecule has 0 bridgehead atoms.